The Kier molecular flexibility index (Phi) is 5.28. The first-order valence-electron chi connectivity index (χ1n) is 5.20. The molecule has 8 heteroatoms. The van der Waals surface area contributed by atoms with Crippen LogP contribution in [0.4, 0.5) is 5.69 Å². The Labute approximate surface area is 103 Å². The van der Waals surface area contributed by atoms with E-state index in [2.05, 4.69) is 0 Å². The van der Waals surface area contributed by atoms with Crippen LogP contribution in [0.25, 0.3) is 0 Å². The molecule has 0 aliphatic rings. The summed E-state index contributed by atoms with van der Waals surface area (Å²) in [7, 11) is 1.54. The molecule has 0 aliphatic carbocycles. The van der Waals surface area contributed by atoms with Gasteiger partial charge in [0, 0.05) is 19.7 Å². The number of nitrogens with zero attached hydrogens (tertiary/aromatic N) is 2. The molecule has 100 valence electrons. The number of aromatic carboxylic acids is 1. The highest BCUT2D eigenvalue weighted by Gasteiger charge is 2.18. The number of methoxy groups -OCH3 is 1. The number of hydrogen-bond acceptors (Lipinski definition) is 5. The van der Waals surface area contributed by atoms with Gasteiger partial charge in [-0.3, -0.25) is 10.1 Å². The lowest BCUT2D eigenvalue weighted by Gasteiger charge is -2.06. The molecule has 18 heavy (non-hydrogen) atoms. The summed E-state index contributed by atoms with van der Waals surface area (Å²) < 4.78 is 11.2. The Morgan fingerprint density at radius 3 is 2.78 bits per heavy atom. The van der Waals surface area contributed by atoms with Gasteiger partial charge in [0.15, 0.2) is 0 Å². The molecule has 0 saturated heterocycles. The maximum Gasteiger partial charge on any atom is 0.352 e. The molecule has 0 fully saturated rings. The fourth-order valence-electron chi connectivity index (χ4n) is 1.37. The van der Waals surface area contributed by atoms with Crippen molar-refractivity contribution in [2.45, 2.75) is 6.54 Å². The van der Waals surface area contributed by atoms with Gasteiger partial charge < -0.3 is 19.1 Å². The van der Waals surface area contributed by atoms with Crippen LogP contribution >= 0.6 is 0 Å². The molecule has 1 heterocycles. The highest BCUT2D eigenvalue weighted by atomic mass is 16.6. The Morgan fingerprint density at radius 2 is 2.22 bits per heavy atom. The van der Waals surface area contributed by atoms with Crippen LogP contribution in [0.5, 0.6) is 0 Å². The third kappa shape index (κ3) is 3.82. The van der Waals surface area contributed by atoms with E-state index >= 15 is 0 Å². The summed E-state index contributed by atoms with van der Waals surface area (Å²) in [6.45, 7) is 1.33. The lowest BCUT2D eigenvalue weighted by Crippen LogP contribution is -2.13. The van der Waals surface area contributed by atoms with Crippen LogP contribution in [0.1, 0.15) is 10.5 Å². The van der Waals surface area contributed by atoms with Crippen molar-refractivity contribution in [3.05, 3.63) is 28.1 Å². The van der Waals surface area contributed by atoms with Gasteiger partial charge in [0.05, 0.1) is 30.9 Å². The number of nitro groups is 1. The van der Waals surface area contributed by atoms with Crippen LogP contribution in [0.3, 0.4) is 0 Å². The van der Waals surface area contributed by atoms with E-state index < -0.39 is 10.9 Å². The van der Waals surface area contributed by atoms with Gasteiger partial charge in [-0.1, -0.05) is 0 Å². The molecule has 0 aliphatic heterocycles. The van der Waals surface area contributed by atoms with Crippen molar-refractivity contribution in [1.82, 2.24) is 4.57 Å². The van der Waals surface area contributed by atoms with E-state index in [4.69, 9.17) is 14.6 Å². The van der Waals surface area contributed by atoms with E-state index in [1.165, 1.54) is 10.8 Å². The van der Waals surface area contributed by atoms with Gasteiger partial charge in [0.1, 0.15) is 5.69 Å². The molecule has 1 N–H and O–H groups in total. The highest BCUT2D eigenvalue weighted by Crippen LogP contribution is 2.16. The minimum atomic E-state index is -1.21. The second-order valence-corrected chi connectivity index (χ2v) is 3.44. The zero-order valence-electron chi connectivity index (χ0n) is 9.87. The summed E-state index contributed by atoms with van der Waals surface area (Å²) in [5, 5.41) is 19.5. The molecular weight excluding hydrogens is 244 g/mol. The number of ether oxygens (including phenoxy) is 2. The van der Waals surface area contributed by atoms with E-state index in [1.807, 2.05) is 0 Å². The second-order valence-electron chi connectivity index (χ2n) is 3.44. The van der Waals surface area contributed by atoms with Gasteiger partial charge in [-0.25, -0.2) is 4.79 Å². The molecule has 0 atom stereocenters. The van der Waals surface area contributed by atoms with Crippen molar-refractivity contribution in [2.75, 3.05) is 26.9 Å². The number of rotatable bonds is 8. The SMILES string of the molecule is COCCOCCn1cc([N+](=O)[O-])cc1C(=O)O. The molecule has 1 aromatic heterocycles. The summed E-state index contributed by atoms with van der Waals surface area (Å²) in [5.41, 5.74) is -0.374. The Morgan fingerprint density at radius 1 is 1.50 bits per heavy atom. The molecule has 0 bridgehead atoms. The van der Waals surface area contributed by atoms with Crippen LogP contribution in [0, 0.1) is 10.1 Å². The molecule has 1 aromatic rings. The van der Waals surface area contributed by atoms with Gasteiger partial charge >= 0.3 is 5.97 Å². The van der Waals surface area contributed by atoms with E-state index in [0.29, 0.717) is 13.2 Å². The minimum absolute atomic E-state index is 0.128. The monoisotopic (exact) mass is 258 g/mol. The third-order valence-corrected chi connectivity index (χ3v) is 2.22. The Bertz CT molecular complexity index is 428. The van der Waals surface area contributed by atoms with E-state index in [-0.39, 0.29) is 24.5 Å². The number of aromatic nitrogens is 1. The van der Waals surface area contributed by atoms with Crippen molar-refractivity contribution < 1.29 is 24.3 Å². The zero-order chi connectivity index (χ0) is 13.5. The van der Waals surface area contributed by atoms with Crippen LogP contribution < -0.4 is 0 Å². The van der Waals surface area contributed by atoms with Crippen molar-refractivity contribution >= 4 is 11.7 Å². The first kappa shape index (κ1) is 14.1. The predicted octanol–water partition coefficient (Wildman–Crippen LogP) is 0.758. The summed E-state index contributed by atoms with van der Waals surface area (Å²) in [4.78, 5) is 20.8. The van der Waals surface area contributed by atoms with Crippen LogP contribution in [0.15, 0.2) is 12.3 Å². The van der Waals surface area contributed by atoms with E-state index in [0.717, 1.165) is 6.07 Å². The fourth-order valence-corrected chi connectivity index (χ4v) is 1.37. The first-order chi connectivity index (χ1) is 8.56. The van der Waals surface area contributed by atoms with Crippen LogP contribution in [-0.2, 0) is 16.0 Å². The quantitative estimate of drug-likeness (QED) is 0.419. The smallest absolute Gasteiger partial charge is 0.352 e. The fraction of sp³-hybridized carbons (Fsp3) is 0.500. The molecule has 0 radical (unpaired) electrons. The van der Waals surface area contributed by atoms with Crippen LogP contribution in [0.2, 0.25) is 0 Å². The molecule has 0 spiro atoms. The van der Waals surface area contributed by atoms with Gasteiger partial charge in [-0.15, -0.1) is 0 Å². The number of carboxylic acid groups (broad SMARTS) is 1. The van der Waals surface area contributed by atoms with Gasteiger partial charge in [-0.2, -0.15) is 0 Å². The lowest BCUT2D eigenvalue weighted by atomic mass is 10.4. The molecule has 0 aromatic carbocycles. The topological polar surface area (TPSA) is 104 Å². The lowest BCUT2D eigenvalue weighted by molar-refractivity contribution is -0.384. The summed E-state index contributed by atoms with van der Waals surface area (Å²) in [6, 6.07) is 1.03. The molecule has 0 amide bonds. The second kappa shape index (κ2) is 6.72. The normalized spacial score (nSPS) is 10.5. The van der Waals surface area contributed by atoms with Crippen molar-refractivity contribution in [3.63, 3.8) is 0 Å². The Balaban J connectivity index is 2.63. The Hall–Kier alpha value is -1.93. The molecular formula is C10H14N2O6. The molecule has 8 nitrogen and oxygen atoms in total. The van der Waals surface area contributed by atoms with Gasteiger partial charge in [0.2, 0.25) is 0 Å². The maximum atomic E-state index is 10.9. The first-order valence-corrected chi connectivity index (χ1v) is 5.20. The van der Waals surface area contributed by atoms with Gasteiger partial charge in [0.25, 0.3) is 5.69 Å². The number of carbonyl (C=O) groups is 1. The van der Waals surface area contributed by atoms with E-state index in [1.54, 1.807) is 7.11 Å². The maximum absolute atomic E-state index is 10.9. The average molecular weight is 258 g/mol. The predicted molar refractivity (Wildman–Crippen MR) is 60.7 cm³/mol. The number of carboxylic acids is 1. The largest absolute Gasteiger partial charge is 0.477 e. The van der Waals surface area contributed by atoms with Gasteiger partial charge in [-0.05, 0) is 0 Å². The van der Waals surface area contributed by atoms with Crippen molar-refractivity contribution in [1.29, 1.82) is 0 Å². The standard InChI is InChI=1S/C10H14N2O6/c1-17-4-5-18-3-2-11-7-8(12(15)16)6-9(11)10(13)14/h6-7H,2-5H2,1H3,(H,13,14). The van der Waals surface area contributed by atoms with E-state index in [9.17, 15) is 14.9 Å². The molecule has 0 unspecified atom stereocenters. The zero-order valence-corrected chi connectivity index (χ0v) is 9.87. The van der Waals surface area contributed by atoms with Crippen LogP contribution in [-0.4, -0.2) is 47.5 Å². The highest BCUT2D eigenvalue weighted by molar-refractivity contribution is 5.86. The molecule has 1 rings (SSSR count). The molecule has 0 saturated carbocycles. The van der Waals surface area contributed by atoms with Crippen molar-refractivity contribution in [2.24, 2.45) is 0 Å². The summed E-state index contributed by atoms with van der Waals surface area (Å²) in [5.74, 6) is -1.21. The average Bonchev–Trinajstić information content (AvgIpc) is 2.73. The number of hydrogen-bond donors (Lipinski definition) is 1. The van der Waals surface area contributed by atoms with Crippen molar-refractivity contribution in [3.8, 4) is 0 Å². The summed E-state index contributed by atoms with van der Waals surface area (Å²) in [6.07, 6.45) is 1.18. The minimum Gasteiger partial charge on any atom is -0.477 e. The third-order valence-electron chi connectivity index (χ3n) is 2.22. The summed E-state index contributed by atoms with van der Waals surface area (Å²) >= 11 is 0.